The molecule has 1 aromatic heterocycles. The van der Waals surface area contributed by atoms with E-state index in [4.69, 9.17) is 4.74 Å². The molecule has 0 aromatic carbocycles. The zero-order valence-electron chi connectivity index (χ0n) is 10.8. The normalized spacial score (nSPS) is 30.5. The molecule has 0 spiro atoms. The summed E-state index contributed by atoms with van der Waals surface area (Å²) in [4.78, 5) is 2.36. The van der Waals surface area contributed by atoms with E-state index in [0.29, 0.717) is 5.92 Å². The van der Waals surface area contributed by atoms with Crippen LogP contribution < -0.4 is 4.74 Å². The van der Waals surface area contributed by atoms with Gasteiger partial charge in [-0.05, 0) is 31.8 Å². The Bertz CT molecular complexity index is 549. The van der Waals surface area contributed by atoms with Crippen LogP contribution in [0.1, 0.15) is 19.8 Å². The maximum Gasteiger partial charge on any atom is 0.265 e. The van der Waals surface area contributed by atoms with Gasteiger partial charge in [-0.15, -0.1) is 4.37 Å². The van der Waals surface area contributed by atoms with Gasteiger partial charge in [0.05, 0.1) is 17.5 Å². The summed E-state index contributed by atoms with van der Waals surface area (Å²) in [5.41, 5.74) is 0. The van der Waals surface area contributed by atoms with Gasteiger partial charge in [0.15, 0.2) is 0 Å². The van der Waals surface area contributed by atoms with Crippen LogP contribution in [0.15, 0.2) is 5.03 Å². The average molecular weight is 303 g/mol. The van der Waals surface area contributed by atoms with Crippen LogP contribution in [0.4, 0.5) is 0 Å². The molecule has 0 radical (unpaired) electrons. The van der Waals surface area contributed by atoms with Crippen LogP contribution in [0.3, 0.4) is 0 Å². The SMILES string of the molecule is CCS(=O)(=O)c1nsnc1O[C@@H]1CN2CCC1CC2. The summed E-state index contributed by atoms with van der Waals surface area (Å²) in [6, 6.07) is 0. The number of aromatic nitrogens is 2. The Hall–Kier alpha value is -0.730. The van der Waals surface area contributed by atoms with E-state index in [1.54, 1.807) is 6.92 Å². The van der Waals surface area contributed by atoms with Gasteiger partial charge in [0.2, 0.25) is 14.9 Å². The second kappa shape index (κ2) is 4.99. The Balaban J connectivity index is 1.79. The van der Waals surface area contributed by atoms with E-state index in [1.165, 1.54) is 0 Å². The third-order valence-corrected chi connectivity index (χ3v) is 6.21. The minimum Gasteiger partial charge on any atom is -0.470 e. The molecule has 1 aromatic rings. The third-order valence-electron chi connectivity index (χ3n) is 3.96. The standard InChI is InChI=1S/C11H17N3O3S2/c1-2-19(15,16)11-10(12-18-13-11)17-9-7-14-5-3-8(9)4-6-14/h8-9H,2-7H2,1H3/t9-/m1/s1. The molecule has 4 heterocycles. The lowest BCUT2D eigenvalue weighted by Crippen LogP contribution is -2.52. The number of hydrogen-bond acceptors (Lipinski definition) is 7. The van der Waals surface area contributed by atoms with Gasteiger partial charge in [0.1, 0.15) is 6.10 Å². The molecule has 0 aliphatic carbocycles. The van der Waals surface area contributed by atoms with Crippen LogP contribution >= 0.6 is 11.7 Å². The highest BCUT2D eigenvalue weighted by molar-refractivity contribution is 7.91. The number of sulfone groups is 1. The van der Waals surface area contributed by atoms with Crippen molar-refractivity contribution in [1.82, 2.24) is 13.6 Å². The van der Waals surface area contributed by atoms with E-state index in [1.807, 2.05) is 0 Å². The molecule has 3 aliphatic rings. The molecule has 106 valence electrons. The van der Waals surface area contributed by atoms with Crippen LogP contribution in [-0.2, 0) is 9.84 Å². The quantitative estimate of drug-likeness (QED) is 0.819. The van der Waals surface area contributed by atoms with Gasteiger partial charge in [-0.25, -0.2) is 8.42 Å². The van der Waals surface area contributed by atoms with Crippen molar-refractivity contribution in [2.45, 2.75) is 30.9 Å². The van der Waals surface area contributed by atoms with Crippen LogP contribution in [0.2, 0.25) is 0 Å². The fourth-order valence-corrected chi connectivity index (χ4v) is 4.40. The van der Waals surface area contributed by atoms with Crippen LogP contribution in [0.5, 0.6) is 5.88 Å². The van der Waals surface area contributed by atoms with Gasteiger partial charge in [-0.1, -0.05) is 6.92 Å². The fourth-order valence-electron chi connectivity index (χ4n) is 2.76. The van der Waals surface area contributed by atoms with Crippen molar-refractivity contribution in [3.05, 3.63) is 0 Å². The maximum atomic E-state index is 11.9. The predicted octanol–water partition coefficient (Wildman–Crippen LogP) is 0.805. The fraction of sp³-hybridized carbons (Fsp3) is 0.818. The average Bonchev–Trinajstić information content (AvgIpc) is 2.89. The summed E-state index contributed by atoms with van der Waals surface area (Å²) in [6.45, 7) is 4.72. The molecule has 1 atom stereocenters. The number of fused-ring (bicyclic) bond motifs is 3. The van der Waals surface area contributed by atoms with Gasteiger partial charge in [-0.3, -0.25) is 4.90 Å². The highest BCUT2D eigenvalue weighted by Crippen LogP contribution is 2.32. The van der Waals surface area contributed by atoms with Crippen molar-refractivity contribution >= 4 is 21.6 Å². The molecule has 0 saturated carbocycles. The number of piperidine rings is 3. The molecular weight excluding hydrogens is 286 g/mol. The molecular formula is C11H17N3O3S2. The zero-order valence-corrected chi connectivity index (χ0v) is 12.4. The highest BCUT2D eigenvalue weighted by Gasteiger charge is 2.37. The van der Waals surface area contributed by atoms with Crippen LogP contribution in [0, 0.1) is 5.92 Å². The topological polar surface area (TPSA) is 72.4 Å². The van der Waals surface area contributed by atoms with Gasteiger partial charge >= 0.3 is 0 Å². The summed E-state index contributed by atoms with van der Waals surface area (Å²) in [5, 5.41) is 0.0106. The first-order valence-corrected chi connectivity index (χ1v) is 8.92. The Kier molecular flexibility index (Phi) is 3.48. The first-order valence-electron chi connectivity index (χ1n) is 6.54. The Morgan fingerprint density at radius 1 is 1.37 bits per heavy atom. The molecule has 3 fully saturated rings. The predicted molar refractivity (Wildman–Crippen MR) is 71.2 cm³/mol. The molecule has 0 unspecified atom stereocenters. The lowest BCUT2D eigenvalue weighted by Gasteiger charge is -2.43. The number of ether oxygens (including phenoxy) is 1. The molecule has 8 heteroatoms. The summed E-state index contributed by atoms with van der Waals surface area (Å²) >= 11 is 0.899. The molecule has 19 heavy (non-hydrogen) atoms. The van der Waals surface area contributed by atoms with E-state index in [0.717, 1.165) is 44.2 Å². The van der Waals surface area contributed by atoms with E-state index in [-0.39, 0.29) is 22.8 Å². The second-order valence-electron chi connectivity index (χ2n) is 5.07. The van der Waals surface area contributed by atoms with Gasteiger partial charge in [0, 0.05) is 6.54 Å². The number of hydrogen-bond donors (Lipinski definition) is 0. The summed E-state index contributed by atoms with van der Waals surface area (Å²) in [5.74, 6) is 0.740. The summed E-state index contributed by atoms with van der Waals surface area (Å²) in [6.07, 6.45) is 2.30. The molecule has 2 bridgehead atoms. The van der Waals surface area contributed by atoms with Crippen LogP contribution in [-0.4, -0.2) is 53.6 Å². The van der Waals surface area contributed by atoms with Crippen molar-refractivity contribution in [2.24, 2.45) is 5.92 Å². The molecule has 0 amide bonds. The van der Waals surface area contributed by atoms with Crippen molar-refractivity contribution in [3.63, 3.8) is 0 Å². The molecule has 0 N–H and O–H groups in total. The smallest absolute Gasteiger partial charge is 0.265 e. The van der Waals surface area contributed by atoms with Crippen molar-refractivity contribution in [1.29, 1.82) is 0 Å². The number of rotatable bonds is 4. The molecule has 3 aliphatic heterocycles. The Labute approximate surface area is 117 Å². The zero-order chi connectivity index (χ0) is 13.5. The lowest BCUT2D eigenvalue weighted by molar-refractivity contribution is -0.0111. The largest absolute Gasteiger partial charge is 0.470 e. The van der Waals surface area contributed by atoms with Gasteiger partial charge in [0.25, 0.3) is 5.88 Å². The monoisotopic (exact) mass is 303 g/mol. The second-order valence-corrected chi connectivity index (χ2v) is 7.79. The van der Waals surface area contributed by atoms with E-state index < -0.39 is 9.84 Å². The minimum absolute atomic E-state index is 0.0106. The van der Waals surface area contributed by atoms with Crippen molar-refractivity contribution < 1.29 is 13.2 Å². The molecule has 4 rings (SSSR count). The first kappa shape index (κ1) is 13.3. The van der Waals surface area contributed by atoms with E-state index in [9.17, 15) is 8.42 Å². The third kappa shape index (κ3) is 2.48. The van der Waals surface area contributed by atoms with Gasteiger partial charge in [-0.2, -0.15) is 4.37 Å². The number of nitrogens with zero attached hydrogens (tertiary/aromatic N) is 3. The van der Waals surface area contributed by atoms with Crippen molar-refractivity contribution in [3.8, 4) is 5.88 Å². The minimum atomic E-state index is -3.35. The summed E-state index contributed by atoms with van der Waals surface area (Å²) < 4.78 is 37.6. The highest BCUT2D eigenvalue weighted by atomic mass is 32.2. The van der Waals surface area contributed by atoms with Crippen LogP contribution in [0.25, 0.3) is 0 Å². The van der Waals surface area contributed by atoms with E-state index in [2.05, 4.69) is 13.6 Å². The lowest BCUT2D eigenvalue weighted by atomic mass is 9.86. The summed E-state index contributed by atoms with van der Waals surface area (Å²) in [7, 11) is -3.35. The molecule has 6 nitrogen and oxygen atoms in total. The molecule has 3 saturated heterocycles. The van der Waals surface area contributed by atoms with Gasteiger partial charge < -0.3 is 4.74 Å². The van der Waals surface area contributed by atoms with Crippen molar-refractivity contribution in [2.75, 3.05) is 25.4 Å². The Morgan fingerprint density at radius 3 is 2.68 bits per heavy atom. The van der Waals surface area contributed by atoms with E-state index >= 15 is 0 Å². The first-order chi connectivity index (χ1) is 9.10. The maximum absolute atomic E-state index is 11.9. The Morgan fingerprint density at radius 2 is 2.11 bits per heavy atom.